The topological polar surface area (TPSA) is 59.2 Å². The lowest BCUT2D eigenvalue weighted by atomic mass is 9.96. The molecule has 0 atom stereocenters. The molecule has 1 aliphatic carbocycles. The second-order valence-electron chi connectivity index (χ2n) is 5.17. The van der Waals surface area contributed by atoms with E-state index in [0.717, 1.165) is 18.4 Å². The van der Waals surface area contributed by atoms with Gasteiger partial charge >= 0.3 is 5.97 Å². The van der Waals surface area contributed by atoms with E-state index in [0.29, 0.717) is 10.7 Å². The molecule has 2 aromatic rings. The molecule has 0 radical (unpaired) electrons. The predicted molar refractivity (Wildman–Crippen MR) is 78.4 cm³/mol. The van der Waals surface area contributed by atoms with Crippen LogP contribution in [0.25, 0.3) is 0 Å². The summed E-state index contributed by atoms with van der Waals surface area (Å²) in [5.41, 5.74) is 0.740. The van der Waals surface area contributed by atoms with Crippen LogP contribution in [-0.2, 0) is 14.9 Å². The summed E-state index contributed by atoms with van der Waals surface area (Å²) < 4.78 is 5.20. The highest BCUT2D eigenvalue weighted by Gasteiger charge is 2.52. The molecule has 0 spiro atoms. The van der Waals surface area contributed by atoms with Crippen LogP contribution < -0.4 is 0 Å². The molecule has 0 bridgehead atoms. The molecule has 21 heavy (non-hydrogen) atoms. The third-order valence-corrected chi connectivity index (χ3v) is 4.02. The van der Waals surface area contributed by atoms with Gasteiger partial charge in [-0.15, -0.1) is 0 Å². The standard InChI is InChI=1S/C16H14ClNO3/c17-12-5-3-11(4-6-12)16(7-8-16)15(20)21-10-14(19)13-2-1-9-18-13/h1-6,9,18H,7-8,10H2. The van der Waals surface area contributed by atoms with Gasteiger partial charge < -0.3 is 9.72 Å². The van der Waals surface area contributed by atoms with Gasteiger partial charge in [-0.25, -0.2) is 0 Å². The molecule has 0 saturated heterocycles. The van der Waals surface area contributed by atoms with Crippen molar-refractivity contribution < 1.29 is 14.3 Å². The van der Waals surface area contributed by atoms with E-state index in [2.05, 4.69) is 4.98 Å². The molecule has 1 saturated carbocycles. The summed E-state index contributed by atoms with van der Waals surface area (Å²) in [6.07, 6.45) is 3.14. The molecule has 1 heterocycles. The number of aromatic nitrogens is 1. The Hall–Kier alpha value is -2.07. The maximum Gasteiger partial charge on any atom is 0.317 e. The second-order valence-corrected chi connectivity index (χ2v) is 5.61. The van der Waals surface area contributed by atoms with E-state index in [-0.39, 0.29) is 18.4 Å². The lowest BCUT2D eigenvalue weighted by Gasteiger charge is -2.14. The first-order valence-electron chi connectivity index (χ1n) is 6.72. The molecule has 5 heteroatoms. The minimum Gasteiger partial charge on any atom is -0.457 e. The molecule has 0 aliphatic heterocycles. The summed E-state index contributed by atoms with van der Waals surface area (Å²) in [4.78, 5) is 26.9. The molecule has 1 aromatic carbocycles. The number of hydrogen-bond acceptors (Lipinski definition) is 3. The van der Waals surface area contributed by atoms with Crippen molar-refractivity contribution in [1.82, 2.24) is 4.98 Å². The fraction of sp³-hybridized carbons (Fsp3) is 0.250. The van der Waals surface area contributed by atoms with Crippen LogP contribution in [0.2, 0.25) is 5.02 Å². The van der Waals surface area contributed by atoms with Crippen molar-refractivity contribution in [2.75, 3.05) is 6.61 Å². The quantitative estimate of drug-likeness (QED) is 0.682. The summed E-state index contributed by atoms with van der Waals surface area (Å²) in [5, 5.41) is 0.629. The van der Waals surface area contributed by atoms with E-state index in [1.807, 2.05) is 12.1 Å². The van der Waals surface area contributed by atoms with Crippen LogP contribution in [0.5, 0.6) is 0 Å². The summed E-state index contributed by atoms with van der Waals surface area (Å²) in [6.45, 7) is -0.241. The molecule has 0 amide bonds. The van der Waals surface area contributed by atoms with E-state index >= 15 is 0 Å². The average molecular weight is 304 g/mol. The summed E-state index contributed by atoms with van der Waals surface area (Å²) >= 11 is 5.86. The molecule has 0 unspecified atom stereocenters. The van der Waals surface area contributed by atoms with E-state index in [1.165, 1.54) is 0 Å². The van der Waals surface area contributed by atoms with Gasteiger partial charge in [-0.3, -0.25) is 9.59 Å². The molecule has 1 aliphatic rings. The Morgan fingerprint density at radius 1 is 1.19 bits per heavy atom. The molecule has 3 rings (SSSR count). The molecular weight excluding hydrogens is 290 g/mol. The Morgan fingerprint density at radius 2 is 1.90 bits per heavy atom. The van der Waals surface area contributed by atoms with E-state index in [1.54, 1.807) is 30.5 Å². The monoisotopic (exact) mass is 303 g/mol. The lowest BCUT2D eigenvalue weighted by molar-refractivity contribution is -0.145. The summed E-state index contributed by atoms with van der Waals surface area (Å²) in [5.74, 6) is -0.579. The van der Waals surface area contributed by atoms with E-state index in [4.69, 9.17) is 16.3 Å². The minimum absolute atomic E-state index is 0.236. The first-order valence-corrected chi connectivity index (χ1v) is 7.09. The van der Waals surface area contributed by atoms with Crippen molar-refractivity contribution in [1.29, 1.82) is 0 Å². The zero-order chi connectivity index (χ0) is 14.9. The van der Waals surface area contributed by atoms with Gasteiger partial charge in [0.1, 0.15) is 0 Å². The van der Waals surface area contributed by atoms with Gasteiger partial charge in [0.25, 0.3) is 0 Å². The van der Waals surface area contributed by atoms with Crippen LogP contribution in [0, 0.1) is 0 Å². The predicted octanol–water partition coefficient (Wildman–Crippen LogP) is 3.13. The van der Waals surface area contributed by atoms with Crippen LogP contribution in [0.15, 0.2) is 42.6 Å². The number of ether oxygens (including phenoxy) is 1. The fourth-order valence-corrected chi connectivity index (χ4v) is 2.48. The third-order valence-electron chi connectivity index (χ3n) is 3.77. The van der Waals surface area contributed by atoms with Crippen LogP contribution in [0.3, 0.4) is 0 Å². The number of H-pyrrole nitrogens is 1. The third kappa shape index (κ3) is 2.72. The van der Waals surface area contributed by atoms with Crippen LogP contribution in [0.1, 0.15) is 28.9 Å². The van der Waals surface area contributed by atoms with Gasteiger partial charge in [-0.05, 0) is 42.7 Å². The number of benzene rings is 1. The smallest absolute Gasteiger partial charge is 0.317 e. The van der Waals surface area contributed by atoms with E-state index < -0.39 is 5.41 Å². The molecule has 1 fully saturated rings. The zero-order valence-corrected chi connectivity index (χ0v) is 12.0. The Balaban J connectivity index is 1.65. The van der Waals surface area contributed by atoms with Gasteiger partial charge in [-0.2, -0.15) is 0 Å². The number of rotatable bonds is 5. The average Bonchev–Trinajstić information content (AvgIpc) is 3.11. The highest BCUT2D eigenvalue weighted by atomic mass is 35.5. The van der Waals surface area contributed by atoms with Crippen molar-refractivity contribution >= 4 is 23.4 Å². The number of Topliss-reactive ketones (excluding diaryl/α,β-unsaturated/α-hetero) is 1. The second kappa shape index (κ2) is 5.37. The van der Waals surface area contributed by atoms with Crippen LogP contribution in [-0.4, -0.2) is 23.3 Å². The van der Waals surface area contributed by atoms with Gasteiger partial charge in [0, 0.05) is 11.2 Å². The van der Waals surface area contributed by atoms with E-state index in [9.17, 15) is 9.59 Å². The fourth-order valence-electron chi connectivity index (χ4n) is 2.36. The van der Waals surface area contributed by atoms with Crippen molar-refractivity contribution in [3.8, 4) is 0 Å². The Morgan fingerprint density at radius 3 is 2.48 bits per heavy atom. The van der Waals surface area contributed by atoms with Crippen molar-refractivity contribution in [3.63, 3.8) is 0 Å². The molecule has 4 nitrogen and oxygen atoms in total. The van der Waals surface area contributed by atoms with Crippen molar-refractivity contribution in [2.24, 2.45) is 0 Å². The Labute approximate surface area is 127 Å². The number of halogens is 1. The van der Waals surface area contributed by atoms with Crippen molar-refractivity contribution in [3.05, 3.63) is 58.9 Å². The molecule has 1 aromatic heterocycles. The largest absolute Gasteiger partial charge is 0.457 e. The maximum atomic E-state index is 12.3. The number of ketones is 1. The number of hydrogen-bond donors (Lipinski definition) is 1. The summed E-state index contributed by atoms with van der Waals surface area (Å²) in [7, 11) is 0. The molecule has 1 N–H and O–H groups in total. The normalized spacial score (nSPS) is 15.5. The SMILES string of the molecule is O=C(COC(=O)C1(c2ccc(Cl)cc2)CC1)c1ccc[nH]1. The number of esters is 1. The molecule has 108 valence electrons. The highest BCUT2D eigenvalue weighted by Crippen LogP contribution is 2.49. The summed E-state index contributed by atoms with van der Waals surface area (Å²) in [6, 6.07) is 10.6. The Bertz CT molecular complexity index is 657. The van der Waals surface area contributed by atoms with Crippen molar-refractivity contribution in [2.45, 2.75) is 18.3 Å². The maximum absolute atomic E-state index is 12.3. The zero-order valence-electron chi connectivity index (χ0n) is 11.3. The molecular formula is C16H14ClNO3. The highest BCUT2D eigenvalue weighted by molar-refractivity contribution is 6.30. The number of aromatic amines is 1. The van der Waals surface area contributed by atoms with Gasteiger partial charge in [0.15, 0.2) is 6.61 Å². The Kier molecular flexibility index (Phi) is 3.55. The van der Waals surface area contributed by atoms with Crippen LogP contribution in [0.4, 0.5) is 0 Å². The number of carbonyl (C=O) groups excluding carboxylic acids is 2. The number of nitrogens with one attached hydrogen (secondary N) is 1. The van der Waals surface area contributed by atoms with Gasteiger partial charge in [0.2, 0.25) is 5.78 Å². The van der Waals surface area contributed by atoms with Gasteiger partial charge in [0.05, 0.1) is 11.1 Å². The first-order chi connectivity index (χ1) is 10.1. The van der Waals surface area contributed by atoms with Gasteiger partial charge in [-0.1, -0.05) is 23.7 Å². The lowest BCUT2D eigenvalue weighted by Crippen LogP contribution is -2.25. The first kappa shape index (κ1) is 13.9. The number of carbonyl (C=O) groups is 2. The minimum atomic E-state index is -0.597. The van der Waals surface area contributed by atoms with Crippen LogP contribution >= 0.6 is 11.6 Å².